The minimum atomic E-state index is -0.151. The molecule has 114 valence electrons. The van der Waals surface area contributed by atoms with Gasteiger partial charge in [0.05, 0.1) is 17.5 Å². The summed E-state index contributed by atoms with van der Waals surface area (Å²) < 4.78 is 5.95. The molecule has 0 spiro atoms. The number of carbonyl (C=O) groups excluding carboxylic acids is 2. The van der Waals surface area contributed by atoms with E-state index in [0.29, 0.717) is 43.1 Å². The summed E-state index contributed by atoms with van der Waals surface area (Å²) >= 11 is 8.19. The van der Waals surface area contributed by atoms with Gasteiger partial charge in [0, 0.05) is 22.2 Å². The summed E-state index contributed by atoms with van der Waals surface area (Å²) in [6.45, 7) is 3.36. The van der Waals surface area contributed by atoms with Crippen molar-refractivity contribution < 1.29 is 14.3 Å². The molecule has 1 amide bonds. The Balaban J connectivity index is 1.97. The van der Waals surface area contributed by atoms with Gasteiger partial charge in [-0.15, -0.1) is 0 Å². The van der Waals surface area contributed by atoms with Crippen LogP contribution in [0.1, 0.15) is 30.1 Å². The quantitative estimate of drug-likeness (QED) is 0.555. The number of carbonyl (C=O) groups is 2. The Bertz CT molecular complexity index is 542. The van der Waals surface area contributed by atoms with E-state index in [9.17, 15) is 9.59 Å². The van der Waals surface area contributed by atoms with Crippen LogP contribution >= 0.6 is 34.2 Å². The number of hydrogen-bond donors (Lipinski definition) is 0. The fraction of sp³-hybridized carbons (Fsp3) is 0.467. The molecule has 0 aromatic heterocycles. The average molecular weight is 422 g/mol. The van der Waals surface area contributed by atoms with Crippen LogP contribution in [0.4, 0.5) is 0 Å². The molecule has 0 atom stereocenters. The Morgan fingerprint density at radius 3 is 2.62 bits per heavy atom. The minimum Gasteiger partial charge on any atom is -0.466 e. The van der Waals surface area contributed by atoms with Gasteiger partial charge in [0.25, 0.3) is 5.91 Å². The zero-order valence-corrected chi connectivity index (χ0v) is 14.7. The van der Waals surface area contributed by atoms with E-state index in [0.717, 1.165) is 3.57 Å². The second-order valence-corrected chi connectivity index (χ2v) is 6.52. The number of amides is 1. The lowest BCUT2D eigenvalue weighted by Crippen LogP contribution is -2.40. The predicted octanol–water partition coefficient (Wildman–Crippen LogP) is 3.36. The Hall–Kier alpha value is -0.820. The van der Waals surface area contributed by atoms with Crippen LogP contribution in [0.3, 0.4) is 0 Å². The van der Waals surface area contributed by atoms with Crippen molar-refractivity contribution in [3.05, 3.63) is 32.4 Å². The van der Waals surface area contributed by atoms with E-state index >= 15 is 0 Å². The van der Waals surface area contributed by atoms with Crippen LogP contribution in [0.5, 0.6) is 0 Å². The van der Waals surface area contributed by atoms with Gasteiger partial charge in [0.15, 0.2) is 0 Å². The molecule has 1 saturated heterocycles. The number of hydrogen-bond acceptors (Lipinski definition) is 3. The smallest absolute Gasteiger partial charge is 0.309 e. The van der Waals surface area contributed by atoms with Crippen LogP contribution in [0.15, 0.2) is 18.2 Å². The molecule has 0 N–H and O–H groups in total. The largest absolute Gasteiger partial charge is 0.466 e. The number of esters is 1. The monoisotopic (exact) mass is 421 g/mol. The SMILES string of the molecule is CCOC(=O)C1CCN(C(=O)c2ccc(I)c(Cl)c2)CC1. The number of piperidine rings is 1. The average Bonchev–Trinajstić information content (AvgIpc) is 2.50. The van der Waals surface area contributed by atoms with Crippen molar-refractivity contribution in [1.82, 2.24) is 4.90 Å². The lowest BCUT2D eigenvalue weighted by Gasteiger charge is -2.31. The van der Waals surface area contributed by atoms with Gasteiger partial charge in [-0.25, -0.2) is 0 Å². The van der Waals surface area contributed by atoms with E-state index in [1.165, 1.54) is 0 Å². The van der Waals surface area contributed by atoms with Gasteiger partial charge >= 0.3 is 5.97 Å². The molecule has 1 aliphatic rings. The van der Waals surface area contributed by atoms with Crippen molar-refractivity contribution in [2.75, 3.05) is 19.7 Å². The molecule has 1 aromatic rings. The molecule has 1 aromatic carbocycles. The molecule has 6 heteroatoms. The third-order valence-corrected chi connectivity index (χ3v) is 5.14. The predicted molar refractivity (Wildman–Crippen MR) is 89.4 cm³/mol. The standard InChI is InChI=1S/C15H17ClINO3/c1-2-21-15(20)10-5-7-18(8-6-10)14(19)11-3-4-13(17)12(16)9-11/h3-4,9-10H,2,5-8H2,1H3. The van der Waals surface area contributed by atoms with Gasteiger partial charge in [-0.2, -0.15) is 0 Å². The van der Waals surface area contributed by atoms with Crippen molar-refractivity contribution >= 4 is 46.1 Å². The van der Waals surface area contributed by atoms with Crippen molar-refractivity contribution in [1.29, 1.82) is 0 Å². The van der Waals surface area contributed by atoms with Crippen LogP contribution in [-0.4, -0.2) is 36.5 Å². The van der Waals surface area contributed by atoms with E-state index in [2.05, 4.69) is 22.6 Å². The first-order valence-corrected chi connectivity index (χ1v) is 8.39. The van der Waals surface area contributed by atoms with Crippen molar-refractivity contribution in [3.8, 4) is 0 Å². The van der Waals surface area contributed by atoms with Gasteiger partial charge in [-0.1, -0.05) is 11.6 Å². The number of ether oxygens (including phenoxy) is 1. The van der Waals surface area contributed by atoms with Crippen LogP contribution in [0.2, 0.25) is 5.02 Å². The van der Waals surface area contributed by atoms with Gasteiger partial charge in [0.2, 0.25) is 0 Å². The second kappa shape index (κ2) is 7.45. The summed E-state index contributed by atoms with van der Waals surface area (Å²) in [6, 6.07) is 5.32. The summed E-state index contributed by atoms with van der Waals surface area (Å²) in [5, 5.41) is 0.586. The summed E-state index contributed by atoms with van der Waals surface area (Å²) in [5.41, 5.74) is 0.593. The number of nitrogens with zero attached hydrogens (tertiary/aromatic N) is 1. The molecular weight excluding hydrogens is 405 g/mol. The summed E-state index contributed by atoms with van der Waals surface area (Å²) in [5.74, 6) is -0.271. The maximum atomic E-state index is 12.4. The molecule has 0 unspecified atom stereocenters. The molecule has 21 heavy (non-hydrogen) atoms. The fourth-order valence-corrected chi connectivity index (χ4v) is 2.91. The normalized spacial score (nSPS) is 15.9. The van der Waals surface area contributed by atoms with Crippen molar-refractivity contribution in [2.24, 2.45) is 5.92 Å². The molecule has 0 bridgehead atoms. The van der Waals surface area contributed by atoms with Crippen LogP contribution in [0, 0.1) is 9.49 Å². The molecule has 1 heterocycles. The summed E-state index contributed by atoms with van der Waals surface area (Å²) in [7, 11) is 0. The number of rotatable bonds is 3. The van der Waals surface area contributed by atoms with Gasteiger partial charge in [0.1, 0.15) is 0 Å². The number of benzene rings is 1. The molecule has 1 fully saturated rings. The van der Waals surface area contributed by atoms with Crippen molar-refractivity contribution in [2.45, 2.75) is 19.8 Å². The first kappa shape index (κ1) is 16.5. The number of likely N-dealkylation sites (tertiary alicyclic amines) is 1. The third-order valence-electron chi connectivity index (χ3n) is 3.57. The molecule has 0 saturated carbocycles. The maximum absolute atomic E-state index is 12.4. The molecule has 4 nitrogen and oxygen atoms in total. The first-order valence-electron chi connectivity index (χ1n) is 6.94. The summed E-state index contributed by atoms with van der Waals surface area (Å²) in [4.78, 5) is 25.9. The minimum absolute atomic E-state index is 0.0318. The lowest BCUT2D eigenvalue weighted by molar-refractivity contribution is -0.149. The zero-order chi connectivity index (χ0) is 15.4. The highest BCUT2D eigenvalue weighted by molar-refractivity contribution is 14.1. The van der Waals surface area contributed by atoms with E-state index in [1.54, 1.807) is 24.0 Å². The molecule has 0 aliphatic carbocycles. The zero-order valence-electron chi connectivity index (χ0n) is 11.8. The van der Waals surface area contributed by atoms with Gasteiger partial charge in [-0.05, 0) is 60.6 Å². The highest BCUT2D eigenvalue weighted by atomic mass is 127. The molecule has 2 rings (SSSR count). The van der Waals surface area contributed by atoms with Crippen LogP contribution < -0.4 is 0 Å². The maximum Gasteiger partial charge on any atom is 0.309 e. The Kier molecular flexibility index (Phi) is 5.87. The topological polar surface area (TPSA) is 46.6 Å². The summed E-state index contributed by atoms with van der Waals surface area (Å²) in [6.07, 6.45) is 1.31. The van der Waals surface area contributed by atoms with E-state index in [1.807, 2.05) is 6.07 Å². The fourth-order valence-electron chi connectivity index (χ4n) is 2.39. The highest BCUT2D eigenvalue weighted by Crippen LogP contribution is 2.23. The van der Waals surface area contributed by atoms with E-state index in [-0.39, 0.29) is 17.8 Å². The van der Waals surface area contributed by atoms with Crippen LogP contribution in [0.25, 0.3) is 0 Å². The van der Waals surface area contributed by atoms with Gasteiger partial charge in [-0.3, -0.25) is 9.59 Å². The Labute approximate surface area is 142 Å². The van der Waals surface area contributed by atoms with Crippen molar-refractivity contribution in [3.63, 3.8) is 0 Å². The second-order valence-electron chi connectivity index (χ2n) is 4.95. The molecule has 1 aliphatic heterocycles. The third kappa shape index (κ3) is 4.10. The molecular formula is C15H17ClINO3. The Morgan fingerprint density at radius 1 is 1.38 bits per heavy atom. The molecule has 0 radical (unpaired) electrons. The first-order chi connectivity index (χ1) is 10.0. The Morgan fingerprint density at radius 2 is 2.05 bits per heavy atom. The van der Waals surface area contributed by atoms with E-state index in [4.69, 9.17) is 16.3 Å². The highest BCUT2D eigenvalue weighted by Gasteiger charge is 2.28. The van der Waals surface area contributed by atoms with Crippen LogP contribution in [-0.2, 0) is 9.53 Å². The van der Waals surface area contributed by atoms with Gasteiger partial charge < -0.3 is 9.64 Å². The van der Waals surface area contributed by atoms with E-state index < -0.39 is 0 Å². The number of halogens is 2. The lowest BCUT2D eigenvalue weighted by atomic mass is 9.96.